The van der Waals surface area contributed by atoms with Gasteiger partial charge >= 0.3 is 0 Å². The minimum Gasteiger partial charge on any atom is -0.384 e. The molecule has 35 heavy (non-hydrogen) atoms. The first-order valence-electron chi connectivity index (χ1n) is 11.9. The molecule has 0 aliphatic heterocycles. The monoisotopic (exact) mass is 512 g/mol. The standard InChI is InChI=1S/C29H36N4.2ClH/c1-2-3-4-9-21-18-22(14-16-24-10-5-7-12-26(24)28(30)31)20-23(19-21)15-17-25-11-6-8-13-27(25)29(32)33;;/h5-8,10-13,18-20H,2-4,9,14-17H2,1H3,(H3,30,31)(H3,32,33);2*1H. The largest absolute Gasteiger partial charge is 0.384 e. The predicted octanol–water partition coefficient (Wildman–Crippen LogP) is 6.40. The van der Waals surface area contributed by atoms with Crippen LogP contribution in [0.5, 0.6) is 0 Å². The Hall–Kier alpha value is -2.82. The molecule has 0 heterocycles. The van der Waals surface area contributed by atoms with Crippen LogP contribution in [-0.4, -0.2) is 11.7 Å². The molecule has 0 aliphatic rings. The molecule has 0 aliphatic carbocycles. The Morgan fingerprint density at radius 2 is 1.00 bits per heavy atom. The van der Waals surface area contributed by atoms with Crippen molar-refractivity contribution in [1.82, 2.24) is 0 Å². The molecule has 188 valence electrons. The molecule has 0 radical (unpaired) electrons. The van der Waals surface area contributed by atoms with Crippen molar-refractivity contribution < 1.29 is 0 Å². The third kappa shape index (κ3) is 9.04. The fraction of sp³-hybridized carbons (Fsp3) is 0.310. The van der Waals surface area contributed by atoms with E-state index in [1.165, 1.54) is 36.0 Å². The molecule has 6 heteroatoms. The van der Waals surface area contributed by atoms with Crippen LogP contribution < -0.4 is 11.5 Å². The van der Waals surface area contributed by atoms with Crippen LogP contribution in [0.25, 0.3) is 0 Å². The number of hydrogen-bond donors (Lipinski definition) is 4. The predicted molar refractivity (Wildman–Crippen MR) is 154 cm³/mol. The average molecular weight is 514 g/mol. The van der Waals surface area contributed by atoms with E-state index in [4.69, 9.17) is 22.3 Å². The lowest BCUT2D eigenvalue weighted by atomic mass is 9.93. The van der Waals surface area contributed by atoms with Gasteiger partial charge in [0.2, 0.25) is 0 Å². The molecular weight excluding hydrogens is 475 g/mol. The maximum absolute atomic E-state index is 7.86. The lowest BCUT2D eigenvalue weighted by molar-refractivity contribution is 0.716. The van der Waals surface area contributed by atoms with Gasteiger partial charge in [-0.1, -0.05) is 86.5 Å². The highest BCUT2D eigenvalue weighted by atomic mass is 35.5. The molecular formula is C29H38Cl2N4. The first-order chi connectivity index (χ1) is 16.0. The molecule has 0 aromatic heterocycles. The number of nitrogens with one attached hydrogen (secondary N) is 2. The van der Waals surface area contributed by atoms with Crippen molar-refractivity contribution in [2.45, 2.75) is 58.3 Å². The Bertz CT molecular complexity index is 1030. The van der Waals surface area contributed by atoms with Gasteiger partial charge in [0.1, 0.15) is 11.7 Å². The lowest BCUT2D eigenvalue weighted by Gasteiger charge is -2.13. The first kappa shape index (κ1) is 30.2. The van der Waals surface area contributed by atoms with Crippen molar-refractivity contribution in [3.05, 3.63) is 106 Å². The van der Waals surface area contributed by atoms with Crippen LogP contribution in [0, 0.1) is 10.8 Å². The molecule has 0 saturated heterocycles. The highest BCUT2D eigenvalue weighted by Crippen LogP contribution is 2.20. The Kier molecular flexibility index (Phi) is 13.1. The van der Waals surface area contributed by atoms with E-state index >= 15 is 0 Å². The van der Waals surface area contributed by atoms with E-state index in [1.54, 1.807) is 0 Å². The zero-order chi connectivity index (χ0) is 23.6. The van der Waals surface area contributed by atoms with E-state index in [9.17, 15) is 0 Å². The summed E-state index contributed by atoms with van der Waals surface area (Å²) in [6.07, 6.45) is 8.34. The van der Waals surface area contributed by atoms with Gasteiger partial charge in [-0.3, -0.25) is 10.8 Å². The van der Waals surface area contributed by atoms with E-state index in [1.807, 2.05) is 36.4 Å². The van der Waals surface area contributed by atoms with Crippen LogP contribution >= 0.6 is 24.8 Å². The number of unbranched alkanes of at least 4 members (excludes halogenated alkanes) is 2. The van der Waals surface area contributed by atoms with Gasteiger partial charge in [-0.15, -0.1) is 24.8 Å². The minimum absolute atomic E-state index is 0. The summed E-state index contributed by atoms with van der Waals surface area (Å²) in [4.78, 5) is 0. The number of benzene rings is 3. The summed E-state index contributed by atoms with van der Waals surface area (Å²) >= 11 is 0. The fourth-order valence-corrected chi connectivity index (χ4v) is 4.41. The third-order valence-electron chi connectivity index (χ3n) is 6.16. The number of amidine groups is 2. The summed E-state index contributed by atoms with van der Waals surface area (Å²) in [7, 11) is 0. The fourth-order valence-electron chi connectivity index (χ4n) is 4.41. The van der Waals surface area contributed by atoms with E-state index in [2.05, 4.69) is 37.3 Å². The zero-order valence-electron chi connectivity index (χ0n) is 20.5. The first-order valence-corrected chi connectivity index (χ1v) is 11.9. The van der Waals surface area contributed by atoms with Gasteiger partial charge in [-0.05, 0) is 66.3 Å². The molecule has 0 atom stereocenters. The second-order valence-electron chi connectivity index (χ2n) is 8.76. The van der Waals surface area contributed by atoms with E-state index in [-0.39, 0.29) is 36.5 Å². The van der Waals surface area contributed by atoms with Crippen LogP contribution in [-0.2, 0) is 32.1 Å². The van der Waals surface area contributed by atoms with Crippen molar-refractivity contribution in [1.29, 1.82) is 10.8 Å². The Morgan fingerprint density at radius 1 is 0.600 bits per heavy atom. The van der Waals surface area contributed by atoms with Gasteiger partial charge in [-0.25, -0.2) is 0 Å². The third-order valence-corrected chi connectivity index (χ3v) is 6.16. The van der Waals surface area contributed by atoms with E-state index in [0.717, 1.165) is 54.4 Å². The van der Waals surface area contributed by atoms with Crippen LogP contribution in [0.2, 0.25) is 0 Å². The molecule has 6 N–H and O–H groups in total. The molecule has 0 saturated carbocycles. The SMILES string of the molecule is CCCCCc1cc(CCc2ccccc2C(=N)N)cc(CCc2ccccc2C(=N)N)c1.Cl.Cl. The zero-order valence-corrected chi connectivity index (χ0v) is 22.1. The molecule has 0 fully saturated rings. The average Bonchev–Trinajstić information content (AvgIpc) is 2.82. The van der Waals surface area contributed by atoms with Crippen LogP contribution in [0.1, 0.15) is 65.1 Å². The topological polar surface area (TPSA) is 99.7 Å². The minimum atomic E-state index is 0. The number of nitrogen functional groups attached to an aromatic ring is 2. The Balaban J connectivity index is 0.00000306. The summed E-state index contributed by atoms with van der Waals surface area (Å²) in [6, 6.07) is 22.9. The normalized spacial score (nSPS) is 10.2. The summed E-state index contributed by atoms with van der Waals surface area (Å²) < 4.78 is 0. The van der Waals surface area contributed by atoms with Crippen LogP contribution in [0.3, 0.4) is 0 Å². The molecule has 3 aromatic rings. The molecule has 3 aromatic carbocycles. The van der Waals surface area contributed by atoms with Gasteiger partial charge < -0.3 is 11.5 Å². The van der Waals surface area contributed by atoms with Crippen LogP contribution in [0.4, 0.5) is 0 Å². The molecule has 3 rings (SSSR count). The van der Waals surface area contributed by atoms with Crippen LogP contribution in [0.15, 0.2) is 66.7 Å². The Morgan fingerprint density at radius 3 is 1.40 bits per heavy atom. The quantitative estimate of drug-likeness (QED) is 0.128. The van der Waals surface area contributed by atoms with Gasteiger partial charge in [0.25, 0.3) is 0 Å². The van der Waals surface area contributed by atoms with E-state index in [0.29, 0.717) is 0 Å². The van der Waals surface area contributed by atoms with Crippen molar-refractivity contribution in [3.63, 3.8) is 0 Å². The summed E-state index contributed by atoms with van der Waals surface area (Å²) in [5.41, 5.74) is 19.5. The number of aryl methyl sites for hydroxylation is 5. The number of hydrogen-bond acceptors (Lipinski definition) is 2. The second kappa shape index (κ2) is 15.2. The summed E-state index contributed by atoms with van der Waals surface area (Å²) in [6.45, 7) is 2.24. The van der Waals surface area contributed by atoms with Crippen molar-refractivity contribution >= 4 is 36.5 Å². The maximum atomic E-state index is 7.86. The number of nitrogens with two attached hydrogens (primary N) is 2. The highest BCUT2D eigenvalue weighted by molar-refractivity contribution is 5.96. The van der Waals surface area contributed by atoms with Gasteiger partial charge in [-0.2, -0.15) is 0 Å². The van der Waals surface area contributed by atoms with Gasteiger partial charge in [0.15, 0.2) is 0 Å². The molecule has 4 nitrogen and oxygen atoms in total. The molecule has 0 spiro atoms. The molecule has 0 amide bonds. The highest BCUT2D eigenvalue weighted by Gasteiger charge is 2.09. The van der Waals surface area contributed by atoms with Crippen molar-refractivity contribution in [2.24, 2.45) is 11.5 Å². The Labute approximate surface area is 222 Å². The smallest absolute Gasteiger partial charge is 0.123 e. The molecule has 0 unspecified atom stereocenters. The number of halogens is 2. The lowest BCUT2D eigenvalue weighted by Crippen LogP contribution is -2.14. The number of rotatable bonds is 12. The maximum Gasteiger partial charge on any atom is 0.123 e. The van der Waals surface area contributed by atoms with Crippen molar-refractivity contribution in [2.75, 3.05) is 0 Å². The summed E-state index contributed by atoms with van der Waals surface area (Å²) in [5, 5.41) is 15.7. The summed E-state index contributed by atoms with van der Waals surface area (Å²) in [5.74, 6) is 0.257. The van der Waals surface area contributed by atoms with E-state index < -0.39 is 0 Å². The molecule has 0 bridgehead atoms. The van der Waals surface area contributed by atoms with Gasteiger partial charge in [0, 0.05) is 11.1 Å². The van der Waals surface area contributed by atoms with Gasteiger partial charge in [0.05, 0.1) is 0 Å². The second-order valence-corrected chi connectivity index (χ2v) is 8.76. The van der Waals surface area contributed by atoms with Crippen molar-refractivity contribution in [3.8, 4) is 0 Å².